The van der Waals surface area contributed by atoms with E-state index >= 15 is 0 Å². The van der Waals surface area contributed by atoms with Crippen molar-refractivity contribution in [2.75, 3.05) is 19.8 Å². The molecule has 0 aromatic heterocycles. The molecule has 1 aromatic rings. The van der Waals surface area contributed by atoms with E-state index < -0.39 is 6.10 Å². The van der Waals surface area contributed by atoms with Gasteiger partial charge in [-0.05, 0) is 48.2 Å². The number of rotatable bonds is 7. The maximum Gasteiger partial charge on any atom is 0.161 e. The number of ether oxygens (including phenoxy) is 2. The average Bonchev–Trinajstić information content (AvgIpc) is 2.65. The molecule has 1 fully saturated rings. The molecular formula is C23H32O4. The number of hydrogen-bond acceptors (Lipinski definition) is 4. The van der Waals surface area contributed by atoms with E-state index in [0.29, 0.717) is 19.6 Å². The summed E-state index contributed by atoms with van der Waals surface area (Å²) < 4.78 is 11.4. The van der Waals surface area contributed by atoms with Crippen molar-refractivity contribution in [3.8, 4) is 0 Å². The van der Waals surface area contributed by atoms with Crippen molar-refractivity contribution in [2.24, 2.45) is 16.7 Å². The first-order chi connectivity index (χ1) is 12.9. The van der Waals surface area contributed by atoms with Crippen LogP contribution in [0.15, 0.2) is 42.5 Å². The summed E-state index contributed by atoms with van der Waals surface area (Å²) in [7, 11) is 0. The number of allylic oxidation sites excluding steroid dienone is 2. The molecule has 1 aliphatic heterocycles. The van der Waals surface area contributed by atoms with E-state index in [1.807, 2.05) is 30.3 Å². The van der Waals surface area contributed by atoms with Crippen LogP contribution in [-0.4, -0.2) is 36.8 Å². The summed E-state index contributed by atoms with van der Waals surface area (Å²) in [6.45, 7) is 6.77. The third-order valence-electron chi connectivity index (χ3n) is 5.91. The van der Waals surface area contributed by atoms with Gasteiger partial charge in [-0.1, -0.05) is 50.3 Å². The van der Waals surface area contributed by atoms with Gasteiger partial charge in [-0.15, -0.1) is 0 Å². The Kier molecular flexibility index (Phi) is 6.51. The minimum Gasteiger partial charge on any atom is -0.392 e. The number of carbonyl (C=O) groups is 1. The van der Waals surface area contributed by atoms with Gasteiger partial charge in [0.2, 0.25) is 0 Å². The molecule has 1 aliphatic carbocycles. The van der Waals surface area contributed by atoms with Gasteiger partial charge < -0.3 is 14.6 Å². The highest BCUT2D eigenvalue weighted by atomic mass is 16.5. The van der Waals surface area contributed by atoms with Crippen molar-refractivity contribution in [3.63, 3.8) is 0 Å². The van der Waals surface area contributed by atoms with E-state index in [4.69, 9.17) is 9.47 Å². The van der Waals surface area contributed by atoms with Crippen molar-refractivity contribution in [3.05, 3.63) is 48.0 Å². The fourth-order valence-electron chi connectivity index (χ4n) is 4.25. The van der Waals surface area contributed by atoms with Crippen LogP contribution in [0.4, 0.5) is 0 Å². The molecular weight excluding hydrogens is 340 g/mol. The first-order valence-electron chi connectivity index (χ1n) is 10.00. The molecule has 4 nitrogen and oxygen atoms in total. The van der Waals surface area contributed by atoms with Crippen LogP contribution in [0.2, 0.25) is 0 Å². The van der Waals surface area contributed by atoms with E-state index in [-0.39, 0.29) is 22.5 Å². The van der Waals surface area contributed by atoms with Crippen LogP contribution in [0.5, 0.6) is 0 Å². The largest absolute Gasteiger partial charge is 0.392 e. The molecule has 0 radical (unpaired) electrons. The van der Waals surface area contributed by atoms with Gasteiger partial charge in [0.05, 0.1) is 19.3 Å². The summed E-state index contributed by atoms with van der Waals surface area (Å²) in [6, 6.07) is 10.1. The zero-order valence-electron chi connectivity index (χ0n) is 16.5. The van der Waals surface area contributed by atoms with Gasteiger partial charge in [0.15, 0.2) is 5.78 Å². The first kappa shape index (κ1) is 20.2. The third kappa shape index (κ3) is 5.50. The molecule has 2 aliphatic rings. The number of carbonyl (C=O) groups excluding carboxylic acids is 1. The second-order valence-electron chi connectivity index (χ2n) is 8.94. The van der Waals surface area contributed by atoms with E-state index in [9.17, 15) is 9.90 Å². The minimum atomic E-state index is -0.641. The third-order valence-corrected chi connectivity index (χ3v) is 5.91. The van der Waals surface area contributed by atoms with Crippen molar-refractivity contribution in [2.45, 2.75) is 52.2 Å². The number of hydrogen-bond donors (Lipinski definition) is 1. The van der Waals surface area contributed by atoms with Gasteiger partial charge in [-0.2, -0.15) is 0 Å². The summed E-state index contributed by atoms with van der Waals surface area (Å²) >= 11 is 0. The second kappa shape index (κ2) is 8.68. The summed E-state index contributed by atoms with van der Waals surface area (Å²) in [5, 5.41) is 10.9. The van der Waals surface area contributed by atoms with Crippen LogP contribution in [0.3, 0.4) is 0 Å². The Morgan fingerprint density at radius 2 is 1.96 bits per heavy atom. The Labute approximate surface area is 162 Å². The number of aliphatic hydroxyl groups excluding tert-OH is 1. The summed E-state index contributed by atoms with van der Waals surface area (Å²) in [5.74, 6) is -0.262. The second-order valence-corrected chi connectivity index (χ2v) is 8.94. The monoisotopic (exact) mass is 372 g/mol. The van der Waals surface area contributed by atoms with Crippen LogP contribution in [0.1, 0.15) is 45.1 Å². The van der Waals surface area contributed by atoms with Crippen molar-refractivity contribution < 1.29 is 19.4 Å². The lowest BCUT2D eigenvalue weighted by atomic mass is 9.66. The van der Waals surface area contributed by atoms with Crippen LogP contribution in [-0.2, 0) is 20.9 Å². The molecule has 1 N–H and O–H groups in total. The molecule has 0 bridgehead atoms. The topological polar surface area (TPSA) is 55.8 Å². The van der Waals surface area contributed by atoms with E-state index in [0.717, 1.165) is 38.0 Å². The maximum absolute atomic E-state index is 12.4. The maximum atomic E-state index is 12.4. The Hall–Kier alpha value is -1.49. The predicted octanol–water partition coefficient (Wildman–Crippen LogP) is 3.92. The van der Waals surface area contributed by atoms with Crippen molar-refractivity contribution >= 4 is 5.78 Å². The molecule has 3 rings (SSSR count). The zero-order valence-corrected chi connectivity index (χ0v) is 16.5. The number of benzene rings is 1. The van der Waals surface area contributed by atoms with Crippen molar-refractivity contribution in [1.82, 2.24) is 0 Å². The molecule has 148 valence electrons. The first-order valence-corrected chi connectivity index (χ1v) is 10.00. The SMILES string of the molecule is CC(C)(COCc1ccccc1)CC(O)C1CC2(C=CC1=O)CCOCC2. The highest BCUT2D eigenvalue weighted by Gasteiger charge is 2.41. The predicted molar refractivity (Wildman–Crippen MR) is 105 cm³/mol. The normalized spacial score (nSPS) is 23.5. The van der Waals surface area contributed by atoms with Gasteiger partial charge in [0.1, 0.15) is 0 Å². The Morgan fingerprint density at radius 1 is 1.26 bits per heavy atom. The van der Waals surface area contributed by atoms with E-state index in [1.54, 1.807) is 6.08 Å². The lowest BCUT2D eigenvalue weighted by Crippen LogP contribution is -2.41. The Morgan fingerprint density at radius 3 is 2.67 bits per heavy atom. The smallest absolute Gasteiger partial charge is 0.161 e. The summed E-state index contributed by atoms with van der Waals surface area (Å²) in [4.78, 5) is 12.4. The minimum absolute atomic E-state index is 0.0196. The molecule has 27 heavy (non-hydrogen) atoms. The van der Waals surface area contributed by atoms with Crippen LogP contribution < -0.4 is 0 Å². The fraction of sp³-hybridized carbons (Fsp3) is 0.609. The zero-order chi connectivity index (χ0) is 19.3. The van der Waals surface area contributed by atoms with Crippen molar-refractivity contribution in [1.29, 1.82) is 0 Å². The van der Waals surface area contributed by atoms with Gasteiger partial charge in [0, 0.05) is 19.1 Å². The van der Waals surface area contributed by atoms with E-state index in [1.165, 1.54) is 0 Å². The molecule has 1 spiro atoms. The van der Waals surface area contributed by atoms with Gasteiger partial charge >= 0.3 is 0 Å². The highest BCUT2D eigenvalue weighted by molar-refractivity contribution is 5.93. The molecule has 1 saturated heterocycles. The van der Waals surface area contributed by atoms with Crippen LogP contribution >= 0.6 is 0 Å². The molecule has 2 unspecified atom stereocenters. The number of ketones is 1. The lowest BCUT2D eigenvalue weighted by molar-refractivity contribution is -0.126. The average molecular weight is 373 g/mol. The molecule has 4 heteroatoms. The van der Waals surface area contributed by atoms with Crippen LogP contribution in [0.25, 0.3) is 0 Å². The quantitative estimate of drug-likeness (QED) is 0.788. The standard InChI is InChI=1S/C23H32O4/c1-22(2,17-27-16-18-6-4-3-5-7-18)15-21(25)19-14-23(9-8-20(19)24)10-12-26-13-11-23/h3-9,19,21,25H,10-17H2,1-2H3. The van der Waals surface area contributed by atoms with E-state index in [2.05, 4.69) is 19.9 Å². The Balaban J connectivity index is 1.54. The molecule has 0 amide bonds. The molecule has 0 saturated carbocycles. The van der Waals surface area contributed by atoms with Gasteiger partial charge in [-0.25, -0.2) is 0 Å². The van der Waals surface area contributed by atoms with Gasteiger partial charge in [0.25, 0.3) is 0 Å². The van der Waals surface area contributed by atoms with Crippen LogP contribution in [0, 0.1) is 16.7 Å². The Bertz CT molecular complexity index is 644. The molecule has 1 heterocycles. The summed E-state index contributed by atoms with van der Waals surface area (Å²) in [5.41, 5.74) is 0.965. The van der Waals surface area contributed by atoms with Gasteiger partial charge in [-0.3, -0.25) is 4.79 Å². The molecule has 2 atom stereocenters. The molecule has 1 aromatic carbocycles. The number of aliphatic hydroxyl groups is 1. The summed E-state index contributed by atoms with van der Waals surface area (Å²) in [6.07, 6.45) is 6.27. The highest BCUT2D eigenvalue weighted by Crippen LogP contribution is 2.43. The fourth-order valence-corrected chi connectivity index (χ4v) is 4.25. The lowest BCUT2D eigenvalue weighted by Gasteiger charge is -2.41.